The van der Waals surface area contributed by atoms with Crippen LogP contribution < -0.4 is 10.1 Å². The number of hydrogen-bond acceptors (Lipinski definition) is 4. The molecular weight excluding hydrogens is 356 g/mol. The highest BCUT2D eigenvalue weighted by Gasteiger charge is 2.24. The van der Waals surface area contributed by atoms with Gasteiger partial charge in [-0.3, -0.25) is 9.69 Å². The number of benzene rings is 1. The molecule has 1 saturated heterocycles. The number of carbonyl (C=O) groups is 1. The summed E-state index contributed by atoms with van der Waals surface area (Å²) in [6.07, 6.45) is 4.24. The van der Waals surface area contributed by atoms with E-state index in [1.165, 1.54) is 16.9 Å². The number of thiophene rings is 1. The number of carbonyl (C=O) groups excluding carboxylic acids is 1. The summed E-state index contributed by atoms with van der Waals surface area (Å²) in [6.45, 7) is 7.30. The van der Waals surface area contributed by atoms with Gasteiger partial charge in [0.1, 0.15) is 10.6 Å². The zero-order valence-corrected chi connectivity index (χ0v) is 17.1. The highest BCUT2D eigenvalue weighted by atomic mass is 32.1. The fraction of sp³-hybridized carbons (Fsp3) is 0.409. The predicted octanol–water partition coefficient (Wildman–Crippen LogP) is 4.58. The minimum absolute atomic E-state index is 0.0261. The quantitative estimate of drug-likeness (QED) is 0.741. The summed E-state index contributed by atoms with van der Waals surface area (Å²) in [4.78, 5) is 17.0. The van der Waals surface area contributed by atoms with Gasteiger partial charge >= 0.3 is 0 Å². The number of nitrogens with zero attached hydrogens (tertiary/aromatic N) is 1. The fourth-order valence-corrected chi connectivity index (χ4v) is 4.29. The van der Waals surface area contributed by atoms with Crippen molar-refractivity contribution in [3.8, 4) is 16.2 Å². The van der Waals surface area contributed by atoms with Crippen molar-refractivity contribution in [1.82, 2.24) is 10.2 Å². The Morgan fingerprint density at radius 3 is 2.59 bits per heavy atom. The van der Waals surface area contributed by atoms with Gasteiger partial charge in [-0.05, 0) is 38.3 Å². The van der Waals surface area contributed by atoms with Gasteiger partial charge in [0.25, 0.3) is 5.91 Å². The van der Waals surface area contributed by atoms with Crippen LogP contribution in [0.5, 0.6) is 5.75 Å². The molecule has 1 aromatic carbocycles. The lowest BCUT2D eigenvalue weighted by atomic mass is 10.0. The second kappa shape index (κ2) is 9.20. The molecule has 1 aromatic heterocycles. The number of hydrogen-bond donors (Lipinski definition) is 1. The molecule has 0 radical (unpaired) electrons. The van der Waals surface area contributed by atoms with Crippen LogP contribution in [0, 0.1) is 0 Å². The Morgan fingerprint density at radius 1 is 1.26 bits per heavy atom. The molecule has 0 spiro atoms. The van der Waals surface area contributed by atoms with Crippen molar-refractivity contribution in [2.75, 3.05) is 26.7 Å². The van der Waals surface area contributed by atoms with Crippen LogP contribution in [0.1, 0.15) is 36.4 Å². The second-order valence-corrected chi connectivity index (χ2v) is 8.26. The molecule has 1 N–H and O–H groups in total. The normalized spacial score (nSPS) is 15.4. The molecule has 27 heavy (non-hydrogen) atoms. The van der Waals surface area contributed by atoms with Crippen LogP contribution >= 0.6 is 11.3 Å². The number of ether oxygens (including phenoxy) is 1. The van der Waals surface area contributed by atoms with Gasteiger partial charge in [0.15, 0.2) is 0 Å². The lowest BCUT2D eigenvalue weighted by Crippen LogP contribution is -2.44. The molecule has 1 aliphatic heterocycles. The summed E-state index contributed by atoms with van der Waals surface area (Å²) in [5, 5.41) is 3.21. The zero-order valence-electron chi connectivity index (χ0n) is 16.3. The van der Waals surface area contributed by atoms with Gasteiger partial charge < -0.3 is 10.1 Å². The molecule has 0 atom stereocenters. The van der Waals surface area contributed by atoms with Crippen LogP contribution in [-0.4, -0.2) is 43.6 Å². The minimum Gasteiger partial charge on any atom is -0.495 e. The first-order valence-corrected chi connectivity index (χ1v) is 10.3. The molecular formula is C22H28N2O2S. The lowest BCUT2D eigenvalue weighted by molar-refractivity contribution is 0.0915. The second-order valence-electron chi connectivity index (χ2n) is 7.20. The molecule has 144 valence electrons. The molecule has 1 amide bonds. The highest BCUT2D eigenvalue weighted by Crippen LogP contribution is 2.36. The molecule has 1 fully saturated rings. The van der Waals surface area contributed by atoms with E-state index in [0.29, 0.717) is 10.6 Å². The van der Waals surface area contributed by atoms with Crippen LogP contribution in [-0.2, 0) is 0 Å². The van der Waals surface area contributed by atoms with E-state index in [0.717, 1.165) is 42.9 Å². The molecule has 0 bridgehead atoms. The van der Waals surface area contributed by atoms with E-state index >= 15 is 0 Å². The van der Waals surface area contributed by atoms with E-state index in [4.69, 9.17) is 4.74 Å². The van der Waals surface area contributed by atoms with Crippen molar-refractivity contribution >= 4 is 17.2 Å². The summed E-state index contributed by atoms with van der Waals surface area (Å²) in [7, 11) is 1.62. The monoisotopic (exact) mass is 384 g/mol. The van der Waals surface area contributed by atoms with E-state index in [-0.39, 0.29) is 11.9 Å². The predicted molar refractivity (Wildman–Crippen MR) is 113 cm³/mol. The summed E-state index contributed by atoms with van der Waals surface area (Å²) < 4.78 is 5.46. The standard InChI is InChI=1S/C22H28N2O2S/c1-16(2)9-12-24-13-10-18(11-14-24)23-22(25)21-19(26-3)15-20(27-21)17-7-5-4-6-8-17/h4-9,15,18H,10-14H2,1-3H3,(H,23,25). The van der Waals surface area contributed by atoms with E-state index in [1.807, 2.05) is 24.3 Å². The molecule has 3 rings (SSSR count). The Kier molecular flexibility index (Phi) is 6.69. The van der Waals surface area contributed by atoms with Crippen molar-refractivity contribution < 1.29 is 9.53 Å². The van der Waals surface area contributed by atoms with Gasteiger partial charge in [-0.1, -0.05) is 42.0 Å². The Hall–Kier alpha value is -2.11. The van der Waals surface area contributed by atoms with Crippen molar-refractivity contribution in [2.45, 2.75) is 32.7 Å². The Morgan fingerprint density at radius 2 is 1.96 bits per heavy atom. The van der Waals surface area contributed by atoms with Crippen molar-refractivity contribution in [1.29, 1.82) is 0 Å². The zero-order chi connectivity index (χ0) is 19.2. The van der Waals surface area contributed by atoms with Crippen LogP contribution in [0.4, 0.5) is 0 Å². The maximum Gasteiger partial charge on any atom is 0.265 e. The van der Waals surface area contributed by atoms with Crippen LogP contribution in [0.2, 0.25) is 0 Å². The third kappa shape index (κ3) is 5.21. The number of allylic oxidation sites excluding steroid dienone is 1. The molecule has 0 saturated carbocycles. The van der Waals surface area contributed by atoms with Gasteiger partial charge in [0.2, 0.25) is 0 Å². The Bertz CT molecular complexity index is 786. The summed E-state index contributed by atoms with van der Waals surface area (Å²) in [5.41, 5.74) is 2.46. The van der Waals surface area contributed by atoms with E-state index < -0.39 is 0 Å². The third-order valence-corrected chi connectivity index (χ3v) is 6.03. The Balaban J connectivity index is 1.62. The first-order valence-electron chi connectivity index (χ1n) is 9.46. The molecule has 4 nitrogen and oxygen atoms in total. The number of piperidine rings is 1. The number of methoxy groups -OCH3 is 1. The number of likely N-dealkylation sites (tertiary alicyclic amines) is 1. The third-order valence-electron chi connectivity index (χ3n) is 4.86. The average molecular weight is 385 g/mol. The number of rotatable bonds is 6. The molecule has 0 aliphatic carbocycles. The lowest BCUT2D eigenvalue weighted by Gasteiger charge is -2.31. The topological polar surface area (TPSA) is 41.6 Å². The minimum atomic E-state index is -0.0261. The van der Waals surface area contributed by atoms with Crippen molar-refractivity contribution in [3.63, 3.8) is 0 Å². The average Bonchev–Trinajstić information content (AvgIpc) is 3.13. The van der Waals surface area contributed by atoms with E-state index in [9.17, 15) is 4.79 Å². The SMILES string of the molecule is COc1cc(-c2ccccc2)sc1C(=O)NC1CCN(CC=C(C)C)CC1. The smallest absolute Gasteiger partial charge is 0.265 e. The van der Waals surface area contributed by atoms with Crippen molar-refractivity contribution in [3.05, 3.63) is 52.9 Å². The first-order chi connectivity index (χ1) is 13.1. The van der Waals surface area contributed by atoms with Gasteiger partial charge in [-0.2, -0.15) is 0 Å². The molecule has 5 heteroatoms. The van der Waals surface area contributed by atoms with Crippen LogP contribution in [0.15, 0.2) is 48.0 Å². The van der Waals surface area contributed by atoms with Crippen LogP contribution in [0.25, 0.3) is 10.4 Å². The van der Waals surface area contributed by atoms with E-state index in [2.05, 4.69) is 42.3 Å². The van der Waals surface area contributed by atoms with E-state index in [1.54, 1.807) is 7.11 Å². The van der Waals surface area contributed by atoms with Crippen molar-refractivity contribution in [2.24, 2.45) is 0 Å². The molecule has 2 aromatic rings. The molecule has 1 aliphatic rings. The first kappa shape index (κ1) is 19.6. The number of nitrogens with one attached hydrogen (secondary N) is 1. The van der Waals surface area contributed by atoms with Gasteiger partial charge in [-0.15, -0.1) is 11.3 Å². The number of amides is 1. The van der Waals surface area contributed by atoms with Gasteiger partial charge in [0, 0.05) is 30.6 Å². The Labute approximate surface area is 165 Å². The van der Waals surface area contributed by atoms with Gasteiger partial charge in [-0.25, -0.2) is 0 Å². The maximum absolute atomic E-state index is 12.8. The molecule has 0 unspecified atom stereocenters. The fourth-order valence-electron chi connectivity index (χ4n) is 3.25. The summed E-state index contributed by atoms with van der Waals surface area (Å²) in [5.74, 6) is 0.624. The highest BCUT2D eigenvalue weighted by molar-refractivity contribution is 7.17. The summed E-state index contributed by atoms with van der Waals surface area (Å²) >= 11 is 1.49. The van der Waals surface area contributed by atoms with Gasteiger partial charge in [0.05, 0.1) is 7.11 Å². The molecule has 2 heterocycles. The maximum atomic E-state index is 12.8. The van der Waals surface area contributed by atoms with Crippen LogP contribution in [0.3, 0.4) is 0 Å². The largest absolute Gasteiger partial charge is 0.495 e. The summed E-state index contributed by atoms with van der Waals surface area (Å²) in [6, 6.07) is 12.3.